The van der Waals surface area contributed by atoms with Crippen molar-refractivity contribution < 1.29 is 0 Å². The summed E-state index contributed by atoms with van der Waals surface area (Å²) in [5.41, 5.74) is 25.8. The molecule has 0 amide bonds. The van der Waals surface area contributed by atoms with Crippen molar-refractivity contribution in [1.82, 2.24) is 23.8 Å². The topological polar surface area (TPSA) is 72.2 Å². The van der Waals surface area contributed by atoms with Crippen LogP contribution in [0.4, 0.5) is 0 Å². The minimum Gasteiger partial charge on any atom is -0.307 e. The molecule has 0 fully saturated rings. The number of fused-ring (bicyclic) bond motifs is 15. The van der Waals surface area contributed by atoms with Gasteiger partial charge in [0, 0.05) is 103 Å². The lowest BCUT2D eigenvalue weighted by atomic mass is 9.83. The Morgan fingerprint density at radius 2 is 0.738 bits per heavy atom. The van der Waals surface area contributed by atoms with E-state index in [1.165, 1.54) is 91.3 Å². The smallest absolute Gasteiger partial charge is 0.164 e. The number of nitrogens with zero attached hydrogens (tertiary/aromatic N) is 7. The van der Waals surface area contributed by atoms with Crippen LogP contribution < -0.4 is 0 Å². The number of aliphatic imine (C=N–C) groups is 2. The Morgan fingerprint density at radius 3 is 1.39 bits per heavy atom. The Balaban J connectivity index is 0.655. The third-order valence-corrected chi connectivity index (χ3v) is 23.7. The molecular weight excluding hydrogens is 1320 g/mol. The predicted octanol–water partition coefficient (Wildman–Crippen LogP) is 25.9. The number of rotatable bonds is 12. The highest BCUT2D eigenvalue weighted by Gasteiger charge is 2.34. The number of hydrogen-bond donors (Lipinski definition) is 0. The van der Waals surface area contributed by atoms with Gasteiger partial charge in [0.05, 0.1) is 44.9 Å². The molecule has 0 saturated heterocycles. The maximum absolute atomic E-state index is 5.65. The average Bonchev–Trinajstić information content (AvgIpc) is 1.54. The van der Waals surface area contributed by atoms with Gasteiger partial charge in [-0.25, -0.2) is 19.9 Å². The zero-order valence-electron chi connectivity index (χ0n) is 58.2. The molecule has 0 saturated carbocycles. The second kappa shape index (κ2) is 24.3. The fourth-order valence-electron chi connectivity index (χ4n) is 17.7. The summed E-state index contributed by atoms with van der Waals surface area (Å²) in [6.45, 7) is 2.26. The van der Waals surface area contributed by atoms with E-state index in [2.05, 4.69) is 349 Å². The summed E-state index contributed by atoms with van der Waals surface area (Å²) < 4.78 is 7.60. The molecule has 2 atom stereocenters. The van der Waals surface area contributed by atoms with Gasteiger partial charge < -0.3 is 8.80 Å². The van der Waals surface area contributed by atoms with E-state index < -0.39 is 0 Å². The highest BCUT2D eigenvalue weighted by atomic mass is 32.1. The standard InChI is InChI=1S/C99H63N7S/c1-2-68-90(63-26-9-4-10-27-63)100-98(101-91(68)64-28-11-5-12-29-64)80-56-54-75-73-38-21-35-70(92(73)105-83-40-18-15-32-77(83)88(80)94(75)105)61-46-44-60(45-47-61)69-53-52-67(59-24-7-3-8-25-59)58-82(69)62-48-50-66(51-49-62)97-102-96(65-30-13-6-14-31-65)103-99(104-97)81-57-55-76-74-39-22-37-72(93(74)106-84-41-19-16-33-78(84)89(81)95(76)106)71-36-23-43-86-87(71)79-34-17-20-42-85(79)107-86/h3-58,68,90H,2H2,1H3. The molecule has 0 N–H and O–H groups in total. The summed E-state index contributed by atoms with van der Waals surface area (Å²) in [5.74, 6) is 2.72. The summed E-state index contributed by atoms with van der Waals surface area (Å²) in [7, 11) is 0. The van der Waals surface area contributed by atoms with Gasteiger partial charge in [0.2, 0.25) is 0 Å². The average molecular weight is 1380 g/mol. The fourth-order valence-corrected chi connectivity index (χ4v) is 18.9. The van der Waals surface area contributed by atoms with Crippen LogP contribution in [-0.4, -0.2) is 35.3 Å². The number of hydrogen-bond acceptors (Lipinski definition) is 6. The van der Waals surface area contributed by atoms with Crippen LogP contribution in [0.5, 0.6) is 0 Å². The Hall–Kier alpha value is -13.5. The summed E-state index contributed by atoms with van der Waals surface area (Å²) in [4.78, 5) is 27.5. The summed E-state index contributed by atoms with van der Waals surface area (Å²) in [6.07, 6.45) is 0.912. The van der Waals surface area contributed by atoms with Crippen molar-refractivity contribution >= 4 is 119 Å². The summed E-state index contributed by atoms with van der Waals surface area (Å²) >= 11 is 1.86. The molecule has 2 unspecified atom stereocenters. The first-order valence-corrected chi connectivity index (χ1v) is 37.7. The van der Waals surface area contributed by atoms with Crippen molar-refractivity contribution in [1.29, 1.82) is 0 Å². The number of para-hydroxylation sites is 4. The van der Waals surface area contributed by atoms with E-state index in [-0.39, 0.29) is 12.0 Å². The molecule has 0 aliphatic carbocycles. The first-order valence-electron chi connectivity index (χ1n) is 36.9. The van der Waals surface area contributed by atoms with Crippen molar-refractivity contribution in [3.63, 3.8) is 0 Å². The van der Waals surface area contributed by atoms with Gasteiger partial charge in [-0.3, -0.25) is 4.99 Å². The Kier molecular flexibility index (Phi) is 13.8. The molecule has 107 heavy (non-hydrogen) atoms. The van der Waals surface area contributed by atoms with Gasteiger partial charge in [-0.1, -0.05) is 304 Å². The third kappa shape index (κ3) is 9.49. The fraction of sp³-hybridized carbons (Fsp3) is 0.0404. The minimum absolute atomic E-state index is 0.0902. The lowest BCUT2D eigenvalue weighted by Gasteiger charge is -2.30. The SMILES string of the molecule is CCC1C(c2ccccc2)=NC(c2ccc3c4cccc(-c5ccc(-c6ccc(-c7ccccc7)cc6-c6ccc(-c7nc(-c8ccccc8)nc(-c8ccc9c%10cccc(-c%11cccc%12sc%13ccccc%13c%11%12)c%10n%10c%11ccccc%11c8c9%10)n7)cc6)cc5)c4n4c5ccccc5c2c34)=NC1c1ccccc1. The van der Waals surface area contributed by atoms with Gasteiger partial charge in [-0.2, -0.15) is 0 Å². The summed E-state index contributed by atoms with van der Waals surface area (Å²) in [5, 5.41) is 12.0. The molecule has 8 heteroatoms. The van der Waals surface area contributed by atoms with Crippen LogP contribution in [0.1, 0.15) is 36.1 Å². The maximum Gasteiger partial charge on any atom is 0.164 e. The van der Waals surface area contributed by atoms with Crippen LogP contribution in [0.15, 0.2) is 350 Å². The highest BCUT2D eigenvalue weighted by molar-refractivity contribution is 7.26. The van der Waals surface area contributed by atoms with Crippen LogP contribution in [0, 0.1) is 5.92 Å². The number of amidine groups is 1. The van der Waals surface area contributed by atoms with Crippen molar-refractivity contribution in [3.05, 3.63) is 356 Å². The van der Waals surface area contributed by atoms with E-state index in [0.717, 1.165) is 112 Å². The van der Waals surface area contributed by atoms with E-state index in [9.17, 15) is 0 Å². The van der Waals surface area contributed by atoms with Crippen molar-refractivity contribution in [3.8, 4) is 89.8 Å². The Bertz CT molecular complexity index is 7200. The van der Waals surface area contributed by atoms with Gasteiger partial charge in [-0.15, -0.1) is 11.3 Å². The van der Waals surface area contributed by atoms with E-state index in [0.29, 0.717) is 17.5 Å². The molecule has 22 rings (SSSR count). The minimum atomic E-state index is -0.0902. The zero-order chi connectivity index (χ0) is 70.4. The van der Waals surface area contributed by atoms with E-state index in [4.69, 9.17) is 24.9 Å². The van der Waals surface area contributed by atoms with E-state index >= 15 is 0 Å². The second-order valence-electron chi connectivity index (χ2n) is 28.3. The van der Waals surface area contributed by atoms with Crippen LogP contribution in [0.3, 0.4) is 0 Å². The van der Waals surface area contributed by atoms with Crippen LogP contribution in [0.25, 0.3) is 186 Å². The first-order chi connectivity index (χ1) is 53.0. The Morgan fingerprint density at radius 1 is 0.290 bits per heavy atom. The quantitative estimate of drug-likeness (QED) is 0.122. The summed E-state index contributed by atoms with van der Waals surface area (Å²) in [6, 6.07) is 123. The molecule has 0 bridgehead atoms. The van der Waals surface area contributed by atoms with Gasteiger partial charge in [-0.05, 0) is 105 Å². The predicted molar refractivity (Wildman–Crippen MR) is 448 cm³/mol. The molecule has 0 spiro atoms. The largest absolute Gasteiger partial charge is 0.307 e. The molecular formula is C99H63N7S. The van der Waals surface area contributed by atoms with Gasteiger partial charge in [0.15, 0.2) is 23.3 Å². The zero-order valence-corrected chi connectivity index (χ0v) is 59.0. The van der Waals surface area contributed by atoms with Crippen molar-refractivity contribution in [2.75, 3.05) is 0 Å². The van der Waals surface area contributed by atoms with Crippen LogP contribution in [0.2, 0.25) is 0 Å². The van der Waals surface area contributed by atoms with Gasteiger partial charge in [0.25, 0.3) is 0 Å². The number of thiophene rings is 1. The van der Waals surface area contributed by atoms with Crippen molar-refractivity contribution in [2.45, 2.75) is 19.4 Å². The molecule has 1 aliphatic heterocycles. The lowest BCUT2D eigenvalue weighted by molar-refractivity contribution is 0.532. The van der Waals surface area contributed by atoms with Crippen LogP contribution >= 0.6 is 11.3 Å². The van der Waals surface area contributed by atoms with Gasteiger partial charge in [0.1, 0.15) is 0 Å². The molecule has 21 aromatic rings. The lowest BCUT2D eigenvalue weighted by Crippen LogP contribution is -2.28. The normalized spacial score (nSPS) is 14.2. The maximum atomic E-state index is 5.65. The third-order valence-electron chi connectivity index (χ3n) is 22.5. The highest BCUT2D eigenvalue weighted by Crippen LogP contribution is 2.50. The molecule has 15 aromatic carbocycles. The van der Waals surface area contributed by atoms with E-state index in [1.807, 2.05) is 17.4 Å². The molecule has 0 radical (unpaired) electrons. The molecule has 1 aliphatic rings. The van der Waals surface area contributed by atoms with Gasteiger partial charge >= 0.3 is 0 Å². The second-order valence-corrected chi connectivity index (χ2v) is 29.4. The molecule has 7 heterocycles. The molecule has 500 valence electrons. The number of aromatic nitrogens is 5. The first kappa shape index (κ1) is 61.0. The van der Waals surface area contributed by atoms with Crippen molar-refractivity contribution in [2.24, 2.45) is 15.9 Å². The van der Waals surface area contributed by atoms with E-state index in [1.54, 1.807) is 0 Å². The molecule has 6 aromatic heterocycles. The van der Waals surface area contributed by atoms with Crippen LogP contribution in [-0.2, 0) is 0 Å². The molecule has 7 nitrogen and oxygen atoms in total. The number of benzene rings is 15. The monoisotopic (exact) mass is 1380 g/mol. The Labute approximate surface area is 620 Å².